The topological polar surface area (TPSA) is 12.0 Å². The zero-order chi connectivity index (χ0) is 13.1. The van der Waals surface area contributed by atoms with Gasteiger partial charge in [0.1, 0.15) is 5.82 Å². The van der Waals surface area contributed by atoms with Gasteiger partial charge in [0.05, 0.1) is 0 Å². The van der Waals surface area contributed by atoms with Crippen molar-refractivity contribution in [3.63, 3.8) is 0 Å². The first kappa shape index (κ1) is 13.1. The molecule has 1 N–H and O–H groups in total. The van der Waals surface area contributed by atoms with Crippen LogP contribution in [0, 0.1) is 12.7 Å². The number of benzene rings is 2. The van der Waals surface area contributed by atoms with E-state index in [1.807, 2.05) is 25.2 Å². The number of hydrogen-bond donors (Lipinski definition) is 1. The molecule has 18 heavy (non-hydrogen) atoms. The van der Waals surface area contributed by atoms with Gasteiger partial charge in [-0.2, -0.15) is 0 Å². The fraction of sp³-hybridized carbons (Fsp3) is 0.200. The predicted molar refractivity (Wildman–Crippen MR) is 74.3 cm³/mol. The Hall–Kier alpha value is -1.38. The van der Waals surface area contributed by atoms with Gasteiger partial charge in [-0.15, -0.1) is 0 Å². The van der Waals surface area contributed by atoms with Crippen LogP contribution in [0.5, 0.6) is 0 Å². The van der Waals surface area contributed by atoms with Gasteiger partial charge in [0.25, 0.3) is 0 Å². The van der Waals surface area contributed by atoms with Crippen LogP contribution in [0.25, 0.3) is 11.1 Å². The lowest BCUT2D eigenvalue weighted by Gasteiger charge is -2.10. The van der Waals surface area contributed by atoms with Gasteiger partial charge >= 0.3 is 0 Å². The number of hydrogen-bond acceptors (Lipinski definition) is 1. The molecule has 2 rings (SSSR count). The zero-order valence-electron chi connectivity index (χ0n) is 10.4. The summed E-state index contributed by atoms with van der Waals surface area (Å²) in [4.78, 5) is 0. The second-order valence-corrected chi connectivity index (χ2v) is 4.70. The van der Waals surface area contributed by atoms with Crippen molar-refractivity contribution in [3.05, 3.63) is 58.4 Å². The SMILES string of the molecule is CNCc1cc(-c2cc(F)ccc2Cl)ccc1C. The van der Waals surface area contributed by atoms with Crippen LogP contribution in [0.1, 0.15) is 11.1 Å². The van der Waals surface area contributed by atoms with E-state index < -0.39 is 0 Å². The molecular formula is C15H15ClFN. The maximum absolute atomic E-state index is 13.3. The van der Waals surface area contributed by atoms with Crippen molar-refractivity contribution in [2.24, 2.45) is 0 Å². The summed E-state index contributed by atoms with van der Waals surface area (Å²) in [5.41, 5.74) is 4.07. The Bertz CT molecular complexity index is 566. The molecule has 1 nitrogen and oxygen atoms in total. The van der Waals surface area contributed by atoms with Gasteiger partial charge in [0, 0.05) is 17.1 Å². The molecule has 2 aromatic carbocycles. The third-order valence-corrected chi connectivity index (χ3v) is 3.29. The van der Waals surface area contributed by atoms with Crippen LogP contribution in [-0.4, -0.2) is 7.05 Å². The Morgan fingerprint density at radius 1 is 1.17 bits per heavy atom. The van der Waals surface area contributed by atoms with Crippen molar-refractivity contribution in [2.75, 3.05) is 7.05 Å². The normalized spacial score (nSPS) is 10.7. The molecule has 0 heterocycles. The highest BCUT2D eigenvalue weighted by Crippen LogP contribution is 2.29. The molecule has 0 amide bonds. The molecule has 0 radical (unpaired) electrons. The average molecular weight is 264 g/mol. The number of nitrogens with one attached hydrogen (secondary N) is 1. The molecule has 94 valence electrons. The molecule has 0 aromatic heterocycles. The molecule has 0 unspecified atom stereocenters. The lowest BCUT2D eigenvalue weighted by atomic mass is 9.99. The molecule has 0 aliphatic carbocycles. The maximum atomic E-state index is 13.3. The predicted octanol–water partition coefficient (Wildman–Crippen LogP) is 4.17. The van der Waals surface area contributed by atoms with Gasteiger partial charge in [-0.05, 0) is 54.9 Å². The number of aryl methyl sites for hydroxylation is 1. The van der Waals surface area contributed by atoms with Gasteiger partial charge in [-0.25, -0.2) is 4.39 Å². The Labute approximate surface area is 112 Å². The summed E-state index contributed by atoms with van der Waals surface area (Å²) in [6, 6.07) is 10.5. The van der Waals surface area contributed by atoms with Crippen molar-refractivity contribution >= 4 is 11.6 Å². The first-order valence-electron chi connectivity index (χ1n) is 5.81. The quantitative estimate of drug-likeness (QED) is 0.876. The van der Waals surface area contributed by atoms with Gasteiger partial charge < -0.3 is 5.32 Å². The van der Waals surface area contributed by atoms with Gasteiger partial charge in [0.2, 0.25) is 0 Å². The molecule has 3 heteroatoms. The molecule has 0 saturated carbocycles. The van der Waals surface area contributed by atoms with Gasteiger partial charge in [-0.1, -0.05) is 23.7 Å². The van der Waals surface area contributed by atoms with E-state index in [9.17, 15) is 4.39 Å². The van der Waals surface area contributed by atoms with Crippen LogP contribution in [0.2, 0.25) is 5.02 Å². The Morgan fingerprint density at radius 3 is 2.67 bits per heavy atom. The Kier molecular flexibility index (Phi) is 4.00. The second-order valence-electron chi connectivity index (χ2n) is 4.30. The summed E-state index contributed by atoms with van der Waals surface area (Å²) in [6.07, 6.45) is 0. The first-order chi connectivity index (χ1) is 8.61. The second kappa shape index (κ2) is 5.51. The van der Waals surface area contributed by atoms with E-state index in [0.717, 1.165) is 17.7 Å². The fourth-order valence-electron chi connectivity index (χ4n) is 1.94. The molecule has 0 saturated heterocycles. The summed E-state index contributed by atoms with van der Waals surface area (Å²) < 4.78 is 13.3. The highest BCUT2D eigenvalue weighted by Gasteiger charge is 2.07. The van der Waals surface area contributed by atoms with E-state index in [1.165, 1.54) is 23.3 Å². The molecule has 0 aliphatic rings. The van der Waals surface area contributed by atoms with Gasteiger partial charge in [0.15, 0.2) is 0 Å². The maximum Gasteiger partial charge on any atom is 0.123 e. The number of rotatable bonds is 3. The minimum atomic E-state index is -0.273. The largest absolute Gasteiger partial charge is 0.316 e. The van der Waals surface area contributed by atoms with Crippen molar-refractivity contribution in [2.45, 2.75) is 13.5 Å². The molecule has 0 fully saturated rings. The minimum absolute atomic E-state index is 0.273. The lowest BCUT2D eigenvalue weighted by Crippen LogP contribution is -2.06. The summed E-state index contributed by atoms with van der Waals surface area (Å²) in [6.45, 7) is 2.84. The van der Waals surface area contributed by atoms with Gasteiger partial charge in [-0.3, -0.25) is 0 Å². The van der Waals surface area contributed by atoms with E-state index >= 15 is 0 Å². The standard InChI is InChI=1S/C15H15ClFN/c1-10-3-4-11(7-12(10)9-18-2)14-8-13(17)5-6-15(14)16/h3-8,18H,9H2,1-2H3. The average Bonchev–Trinajstić information content (AvgIpc) is 2.35. The van der Waals surface area contributed by atoms with E-state index in [1.54, 1.807) is 6.07 Å². The van der Waals surface area contributed by atoms with Crippen molar-refractivity contribution in [1.82, 2.24) is 5.32 Å². The molecular weight excluding hydrogens is 249 g/mol. The van der Waals surface area contributed by atoms with Crippen molar-refractivity contribution < 1.29 is 4.39 Å². The Morgan fingerprint density at radius 2 is 1.94 bits per heavy atom. The summed E-state index contributed by atoms with van der Waals surface area (Å²) >= 11 is 6.12. The monoisotopic (exact) mass is 263 g/mol. The third-order valence-electron chi connectivity index (χ3n) is 2.96. The van der Waals surface area contributed by atoms with Crippen molar-refractivity contribution in [3.8, 4) is 11.1 Å². The summed E-state index contributed by atoms with van der Waals surface area (Å²) in [7, 11) is 1.90. The van der Waals surface area contributed by atoms with E-state index in [-0.39, 0.29) is 5.82 Å². The minimum Gasteiger partial charge on any atom is -0.316 e. The van der Waals surface area contributed by atoms with Crippen LogP contribution in [0.3, 0.4) is 0 Å². The van der Waals surface area contributed by atoms with Crippen LogP contribution < -0.4 is 5.32 Å². The summed E-state index contributed by atoms with van der Waals surface area (Å²) in [5.74, 6) is -0.273. The smallest absolute Gasteiger partial charge is 0.123 e. The Balaban J connectivity index is 2.50. The fourth-order valence-corrected chi connectivity index (χ4v) is 2.17. The van der Waals surface area contributed by atoms with Crippen LogP contribution >= 0.6 is 11.6 Å². The van der Waals surface area contributed by atoms with Crippen molar-refractivity contribution in [1.29, 1.82) is 0 Å². The number of halogens is 2. The third kappa shape index (κ3) is 2.71. The lowest BCUT2D eigenvalue weighted by molar-refractivity contribution is 0.628. The van der Waals surface area contributed by atoms with E-state index in [0.29, 0.717) is 5.02 Å². The highest BCUT2D eigenvalue weighted by atomic mass is 35.5. The first-order valence-corrected chi connectivity index (χ1v) is 6.19. The van der Waals surface area contributed by atoms with Crippen LogP contribution in [0.15, 0.2) is 36.4 Å². The molecule has 2 aromatic rings. The van der Waals surface area contributed by atoms with Crippen LogP contribution in [0.4, 0.5) is 4.39 Å². The zero-order valence-corrected chi connectivity index (χ0v) is 11.2. The molecule has 0 aliphatic heterocycles. The summed E-state index contributed by atoms with van der Waals surface area (Å²) in [5, 5.41) is 3.69. The van der Waals surface area contributed by atoms with E-state index in [2.05, 4.69) is 12.2 Å². The molecule has 0 bridgehead atoms. The molecule has 0 atom stereocenters. The van der Waals surface area contributed by atoms with Crippen LogP contribution in [-0.2, 0) is 6.54 Å². The van der Waals surface area contributed by atoms with E-state index in [4.69, 9.17) is 11.6 Å². The molecule has 0 spiro atoms. The highest BCUT2D eigenvalue weighted by molar-refractivity contribution is 6.33.